The molecular weight excluding hydrogens is 290 g/mol. The summed E-state index contributed by atoms with van der Waals surface area (Å²) in [4.78, 5) is 12.0. The van der Waals surface area contributed by atoms with E-state index in [1.54, 1.807) is 30.0 Å². The number of benzene rings is 1. The lowest BCUT2D eigenvalue weighted by Crippen LogP contribution is -2.39. The summed E-state index contributed by atoms with van der Waals surface area (Å²) in [7, 11) is -3.73. The molecule has 0 bridgehead atoms. The second kappa shape index (κ2) is 5.99. The van der Waals surface area contributed by atoms with Gasteiger partial charge in [0.15, 0.2) is 0 Å². The summed E-state index contributed by atoms with van der Waals surface area (Å²) in [5.41, 5.74) is 0. The van der Waals surface area contributed by atoms with Crippen molar-refractivity contribution in [1.82, 2.24) is 4.72 Å². The van der Waals surface area contributed by atoms with Crippen LogP contribution >= 0.6 is 23.5 Å². The minimum atomic E-state index is -3.73. The van der Waals surface area contributed by atoms with Crippen LogP contribution in [0.4, 0.5) is 0 Å². The van der Waals surface area contributed by atoms with Crippen LogP contribution in [0.15, 0.2) is 35.2 Å². The van der Waals surface area contributed by atoms with Crippen molar-refractivity contribution >= 4 is 39.5 Å². The Balaban J connectivity index is 2.06. The van der Waals surface area contributed by atoms with E-state index < -0.39 is 15.9 Å². The third-order valence-corrected chi connectivity index (χ3v) is 6.51. The molecule has 0 aliphatic carbocycles. The molecule has 0 saturated carbocycles. The van der Waals surface area contributed by atoms with Crippen LogP contribution in [0, 0.1) is 0 Å². The number of rotatable bonds is 3. The van der Waals surface area contributed by atoms with E-state index in [1.165, 1.54) is 23.9 Å². The standard InChI is InChI=1S/C11H13NO3S3/c13-11(10-8-16-6-7-17-10)12-18(14,15)9-4-2-1-3-5-9/h1-5,10H,6-8H2,(H,12,13). The minimum absolute atomic E-state index is 0.117. The Morgan fingerprint density at radius 2 is 1.94 bits per heavy atom. The quantitative estimate of drug-likeness (QED) is 0.913. The van der Waals surface area contributed by atoms with Crippen LogP contribution in [-0.2, 0) is 14.8 Å². The molecule has 2 rings (SSSR count). The first-order valence-corrected chi connectivity index (χ1v) is 9.09. The molecule has 1 fully saturated rings. The van der Waals surface area contributed by atoms with Crippen molar-refractivity contribution in [1.29, 1.82) is 0 Å². The smallest absolute Gasteiger partial charge is 0.264 e. The Morgan fingerprint density at radius 3 is 2.56 bits per heavy atom. The van der Waals surface area contributed by atoms with Gasteiger partial charge in [0, 0.05) is 17.3 Å². The number of carbonyl (C=O) groups excluding carboxylic acids is 1. The molecule has 0 radical (unpaired) electrons. The van der Waals surface area contributed by atoms with E-state index in [4.69, 9.17) is 0 Å². The molecule has 1 amide bonds. The molecule has 98 valence electrons. The molecule has 1 N–H and O–H groups in total. The lowest BCUT2D eigenvalue weighted by atomic mass is 10.4. The summed E-state index contributed by atoms with van der Waals surface area (Å²) in [5, 5.41) is -0.276. The Hall–Kier alpha value is -0.660. The number of amides is 1. The molecule has 1 aromatic carbocycles. The lowest BCUT2D eigenvalue weighted by molar-refractivity contribution is -0.118. The van der Waals surface area contributed by atoms with Crippen LogP contribution in [0.1, 0.15) is 0 Å². The van der Waals surface area contributed by atoms with Gasteiger partial charge in [0.25, 0.3) is 10.0 Å². The Morgan fingerprint density at radius 1 is 1.22 bits per heavy atom. The van der Waals surface area contributed by atoms with Gasteiger partial charge in [-0.05, 0) is 12.1 Å². The van der Waals surface area contributed by atoms with E-state index in [-0.39, 0.29) is 10.1 Å². The molecule has 18 heavy (non-hydrogen) atoms. The minimum Gasteiger partial charge on any atom is -0.273 e. The highest BCUT2D eigenvalue weighted by Crippen LogP contribution is 2.24. The highest BCUT2D eigenvalue weighted by molar-refractivity contribution is 8.07. The van der Waals surface area contributed by atoms with E-state index in [0.29, 0.717) is 5.75 Å². The highest BCUT2D eigenvalue weighted by Gasteiger charge is 2.26. The molecule has 1 aliphatic rings. The van der Waals surface area contributed by atoms with Crippen LogP contribution < -0.4 is 4.72 Å². The normalized spacial score (nSPS) is 20.3. The van der Waals surface area contributed by atoms with Gasteiger partial charge >= 0.3 is 0 Å². The molecule has 1 heterocycles. The summed E-state index contributed by atoms with van der Waals surface area (Å²) in [6.45, 7) is 0. The second-order valence-corrected chi connectivity index (χ2v) is 7.86. The predicted octanol–water partition coefficient (Wildman–Crippen LogP) is 1.34. The SMILES string of the molecule is O=C(NS(=O)(=O)c1ccccc1)C1CSCCS1. The van der Waals surface area contributed by atoms with Gasteiger partial charge in [0.05, 0.1) is 10.1 Å². The molecule has 1 saturated heterocycles. The average molecular weight is 303 g/mol. The van der Waals surface area contributed by atoms with Crippen LogP contribution in [0.25, 0.3) is 0 Å². The Bertz CT molecular complexity index is 510. The summed E-state index contributed by atoms with van der Waals surface area (Å²) in [5.74, 6) is 2.14. The summed E-state index contributed by atoms with van der Waals surface area (Å²) in [6, 6.07) is 7.93. The second-order valence-electron chi connectivity index (χ2n) is 3.72. The first-order valence-electron chi connectivity index (χ1n) is 5.41. The number of thioether (sulfide) groups is 2. The maximum Gasteiger partial charge on any atom is 0.264 e. The fraction of sp³-hybridized carbons (Fsp3) is 0.364. The summed E-state index contributed by atoms with van der Waals surface area (Å²) in [6.07, 6.45) is 0. The molecule has 0 spiro atoms. The predicted molar refractivity (Wildman–Crippen MR) is 75.3 cm³/mol. The van der Waals surface area contributed by atoms with Crippen molar-refractivity contribution in [2.75, 3.05) is 17.3 Å². The molecule has 0 aromatic heterocycles. The van der Waals surface area contributed by atoms with Gasteiger partial charge in [-0.1, -0.05) is 18.2 Å². The number of sulfonamides is 1. The molecule has 4 nitrogen and oxygen atoms in total. The first kappa shape index (κ1) is 13.8. The van der Waals surface area contributed by atoms with Gasteiger partial charge in [-0.25, -0.2) is 13.1 Å². The van der Waals surface area contributed by atoms with E-state index in [9.17, 15) is 13.2 Å². The van der Waals surface area contributed by atoms with E-state index in [0.717, 1.165) is 11.5 Å². The van der Waals surface area contributed by atoms with Gasteiger partial charge in [0.1, 0.15) is 0 Å². The zero-order chi connectivity index (χ0) is 13.0. The van der Waals surface area contributed by atoms with E-state index in [2.05, 4.69) is 4.72 Å². The van der Waals surface area contributed by atoms with Crippen molar-refractivity contribution < 1.29 is 13.2 Å². The zero-order valence-electron chi connectivity index (χ0n) is 9.53. The maximum absolute atomic E-state index is 11.9. The van der Waals surface area contributed by atoms with Crippen molar-refractivity contribution in [3.8, 4) is 0 Å². The fourth-order valence-corrected chi connectivity index (χ4v) is 5.17. The number of nitrogens with one attached hydrogen (secondary N) is 1. The van der Waals surface area contributed by atoms with E-state index in [1.807, 2.05) is 0 Å². The highest BCUT2D eigenvalue weighted by atomic mass is 32.2. The van der Waals surface area contributed by atoms with Crippen LogP contribution in [0.5, 0.6) is 0 Å². The number of hydrogen-bond acceptors (Lipinski definition) is 5. The molecule has 1 aliphatic heterocycles. The fourth-order valence-electron chi connectivity index (χ4n) is 1.50. The lowest BCUT2D eigenvalue weighted by Gasteiger charge is -2.20. The van der Waals surface area contributed by atoms with Crippen molar-refractivity contribution in [2.45, 2.75) is 10.1 Å². The van der Waals surface area contributed by atoms with Gasteiger partial charge in [-0.2, -0.15) is 11.8 Å². The topological polar surface area (TPSA) is 63.2 Å². The molecule has 7 heteroatoms. The number of carbonyl (C=O) groups is 1. The molecule has 1 aromatic rings. The van der Waals surface area contributed by atoms with Gasteiger partial charge in [-0.15, -0.1) is 11.8 Å². The maximum atomic E-state index is 11.9. The monoisotopic (exact) mass is 303 g/mol. The van der Waals surface area contributed by atoms with Crippen molar-refractivity contribution in [2.24, 2.45) is 0 Å². The van der Waals surface area contributed by atoms with Crippen LogP contribution in [-0.4, -0.2) is 36.8 Å². The van der Waals surface area contributed by atoms with Crippen molar-refractivity contribution in [3.05, 3.63) is 30.3 Å². The van der Waals surface area contributed by atoms with Gasteiger partial charge < -0.3 is 0 Å². The summed E-state index contributed by atoms with van der Waals surface area (Å²) < 4.78 is 26.0. The van der Waals surface area contributed by atoms with Gasteiger partial charge in [0.2, 0.25) is 5.91 Å². The average Bonchev–Trinajstić information content (AvgIpc) is 2.40. The molecule has 1 unspecified atom stereocenters. The van der Waals surface area contributed by atoms with Crippen LogP contribution in [0.2, 0.25) is 0 Å². The van der Waals surface area contributed by atoms with Crippen LogP contribution in [0.3, 0.4) is 0 Å². The number of hydrogen-bond donors (Lipinski definition) is 1. The third-order valence-electron chi connectivity index (χ3n) is 2.40. The zero-order valence-corrected chi connectivity index (χ0v) is 12.0. The molecular formula is C11H13NO3S3. The van der Waals surface area contributed by atoms with Gasteiger partial charge in [-0.3, -0.25) is 4.79 Å². The largest absolute Gasteiger partial charge is 0.273 e. The Kier molecular flexibility index (Phi) is 4.58. The van der Waals surface area contributed by atoms with E-state index >= 15 is 0 Å². The Labute approximate surface area is 115 Å². The van der Waals surface area contributed by atoms with Crippen molar-refractivity contribution in [3.63, 3.8) is 0 Å². The summed E-state index contributed by atoms with van der Waals surface area (Å²) >= 11 is 3.19. The molecule has 1 atom stereocenters. The first-order chi connectivity index (χ1) is 8.59. The third kappa shape index (κ3) is 3.43.